The van der Waals surface area contributed by atoms with Crippen molar-refractivity contribution in [3.05, 3.63) is 66.2 Å². The Morgan fingerprint density at radius 3 is 1.98 bits per heavy atom. The van der Waals surface area contributed by atoms with Gasteiger partial charge in [-0.05, 0) is 73.1 Å². The molecule has 3 fully saturated rings. The Bertz CT molecular complexity index is 1310. The average Bonchev–Trinajstić information content (AvgIpc) is 3.56. The number of para-hydroxylation sites is 1. The van der Waals surface area contributed by atoms with Crippen LogP contribution in [-0.4, -0.2) is 67.4 Å². The predicted octanol–water partition coefficient (Wildman–Crippen LogP) is 5.37. The third-order valence-corrected chi connectivity index (χ3v) is 8.95. The summed E-state index contributed by atoms with van der Waals surface area (Å²) in [7, 11) is 0. The Balaban J connectivity index is 1.13. The van der Waals surface area contributed by atoms with Crippen LogP contribution in [0.5, 0.6) is 0 Å². The van der Waals surface area contributed by atoms with Crippen molar-refractivity contribution in [1.82, 2.24) is 15.3 Å². The highest BCUT2D eigenvalue weighted by Gasteiger charge is 2.26. The molecule has 0 aliphatic carbocycles. The van der Waals surface area contributed by atoms with Crippen LogP contribution in [0.2, 0.25) is 0 Å². The maximum atomic E-state index is 5.71. The molecule has 2 atom stereocenters. The molecule has 9 heteroatoms. The molecule has 3 aliphatic rings. The van der Waals surface area contributed by atoms with Crippen LogP contribution in [0, 0.1) is 11.8 Å². The van der Waals surface area contributed by atoms with Gasteiger partial charge in [-0.3, -0.25) is 0 Å². The van der Waals surface area contributed by atoms with Crippen molar-refractivity contribution in [2.75, 3.05) is 77.3 Å². The molecular formula is C33H44N8S. The number of anilines is 5. The fourth-order valence-corrected chi connectivity index (χ4v) is 6.78. The molecule has 2 N–H and O–H groups in total. The third-order valence-electron chi connectivity index (χ3n) is 8.70. The summed E-state index contributed by atoms with van der Waals surface area (Å²) in [4.78, 5) is 19.6. The monoisotopic (exact) mass is 584 g/mol. The lowest BCUT2D eigenvalue weighted by molar-refractivity contribution is 0.355. The van der Waals surface area contributed by atoms with Crippen LogP contribution in [0.25, 0.3) is 0 Å². The molecule has 4 heterocycles. The molecule has 6 rings (SSSR count). The van der Waals surface area contributed by atoms with E-state index in [4.69, 9.17) is 22.2 Å². The summed E-state index contributed by atoms with van der Waals surface area (Å²) in [6.07, 6.45) is 3.83. The summed E-state index contributed by atoms with van der Waals surface area (Å²) in [5.74, 6) is 3.77. The van der Waals surface area contributed by atoms with E-state index in [0.717, 1.165) is 64.0 Å². The van der Waals surface area contributed by atoms with Crippen LogP contribution in [0.4, 0.5) is 29.0 Å². The summed E-state index contributed by atoms with van der Waals surface area (Å²) in [5.41, 5.74) is 3.78. The number of aromatic nitrogens is 2. The highest BCUT2D eigenvalue weighted by molar-refractivity contribution is 7.80. The quantitative estimate of drug-likeness (QED) is 0.357. The van der Waals surface area contributed by atoms with Crippen molar-refractivity contribution in [1.29, 1.82) is 0 Å². The maximum Gasteiger partial charge on any atom is 0.232 e. The number of nitrogens with zero attached hydrogens (tertiary/aromatic N) is 6. The first-order chi connectivity index (χ1) is 20.5. The van der Waals surface area contributed by atoms with Gasteiger partial charge >= 0.3 is 0 Å². The lowest BCUT2D eigenvalue weighted by Crippen LogP contribution is -2.47. The van der Waals surface area contributed by atoms with Gasteiger partial charge in [-0.25, -0.2) is 0 Å². The fraction of sp³-hybridized carbons (Fsp3) is 0.485. The maximum absolute atomic E-state index is 5.71. The van der Waals surface area contributed by atoms with Gasteiger partial charge < -0.3 is 30.2 Å². The normalized spacial score (nSPS) is 21.0. The van der Waals surface area contributed by atoms with Crippen molar-refractivity contribution in [2.45, 2.75) is 39.7 Å². The second-order valence-corrected chi connectivity index (χ2v) is 12.6. The number of nitrogens with one attached hydrogen (secondary N) is 2. The molecule has 222 valence electrons. The van der Waals surface area contributed by atoms with Gasteiger partial charge in [0, 0.05) is 76.3 Å². The van der Waals surface area contributed by atoms with Crippen molar-refractivity contribution in [3.8, 4) is 0 Å². The van der Waals surface area contributed by atoms with E-state index in [1.807, 2.05) is 0 Å². The lowest BCUT2D eigenvalue weighted by Gasteiger charge is -2.38. The first-order valence-corrected chi connectivity index (χ1v) is 16.0. The highest BCUT2D eigenvalue weighted by atomic mass is 32.1. The van der Waals surface area contributed by atoms with E-state index in [-0.39, 0.29) is 0 Å². The van der Waals surface area contributed by atoms with Crippen LogP contribution in [-0.2, 0) is 6.54 Å². The number of rotatable bonds is 7. The molecule has 3 aromatic rings. The second-order valence-electron chi connectivity index (χ2n) is 12.2. The zero-order chi connectivity index (χ0) is 28.9. The smallest absolute Gasteiger partial charge is 0.232 e. The number of piperazine rings is 1. The Labute approximate surface area is 256 Å². The first kappa shape index (κ1) is 28.5. The average molecular weight is 585 g/mol. The molecule has 1 aromatic heterocycles. The van der Waals surface area contributed by atoms with E-state index < -0.39 is 0 Å². The second kappa shape index (κ2) is 13.2. The van der Waals surface area contributed by atoms with Gasteiger partial charge in [0.1, 0.15) is 11.6 Å². The molecule has 0 unspecified atom stereocenters. The summed E-state index contributed by atoms with van der Waals surface area (Å²) in [6.45, 7) is 13.4. The van der Waals surface area contributed by atoms with Crippen LogP contribution in [0.1, 0.15) is 38.7 Å². The van der Waals surface area contributed by atoms with Gasteiger partial charge in [0.2, 0.25) is 5.95 Å². The predicted molar refractivity (Wildman–Crippen MR) is 179 cm³/mol. The van der Waals surface area contributed by atoms with Crippen molar-refractivity contribution < 1.29 is 0 Å². The summed E-state index contributed by atoms with van der Waals surface area (Å²) >= 11 is 5.71. The van der Waals surface area contributed by atoms with E-state index in [2.05, 4.69) is 105 Å². The molecule has 0 amide bonds. The number of piperidine rings is 1. The summed E-state index contributed by atoms with van der Waals surface area (Å²) in [6, 6.07) is 21.7. The fourth-order valence-electron chi connectivity index (χ4n) is 6.61. The topological polar surface area (TPSA) is 62.8 Å². The molecule has 3 saturated heterocycles. The van der Waals surface area contributed by atoms with E-state index >= 15 is 0 Å². The van der Waals surface area contributed by atoms with Gasteiger partial charge in [0.25, 0.3) is 0 Å². The number of hydrogen-bond donors (Lipinski definition) is 2. The molecular weight excluding hydrogens is 540 g/mol. The molecule has 8 nitrogen and oxygen atoms in total. The minimum absolute atomic E-state index is 0.538. The molecule has 3 aliphatic heterocycles. The van der Waals surface area contributed by atoms with Crippen molar-refractivity contribution in [2.24, 2.45) is 11.8 Å². The number of benzene rings is 2. The van der Waals surface area contributed by atoms with Gasteiger partial charge in [0.15, 0.2) is 5.11 Å². The number of hydrogen-bond acceptors (Lipinski definition) is 7. The zero-order valence-electron chi connectivity index (χ0n) is 25.0. The van der Waals surface area contributed by atoms with Gasteiger partial charge in [-0.1, -0.05) is 44.2 Å². The highest BCUT2D eigenvalue weighted by Crippen LogP contribution is 2.29. The van der Waals surface area contributed by atoms with E-state index in [0.29, 0.717) is 29.4 Å². The van der Waals surface area contributed by atoms with Gasteiger partial charge in [-0.15, -0.1) is 0 Å². The molecule has 0 spiro atoms. The Hall–Kier alpha value is -3.59. The third kappa shape index (κ3) is 7.06. The minimum Gasteiger partial charge on any atom is -0.372 e. The molecule has 0 radical (unpaired) electrons. The van der Waals surface area contributed by atoms with Crippen molar-refractivity contribution in [3.63, 3.8) is 0 Å². The zero-order valence-corrected chi connectivity index (χ0v) is 25.8. The molecule has 0 saturated carbocycles. The lowest BCUT2D eigenvalue weighted by atomic mass is 9.92. The Morgan fingerprint density at radius 1 is 0.738 bits per heavy atom. The van der Waals surface area contributed by atoms with Crippen LogP contribution in [0.15, 0.2) is 60.7 Å². The number of thiocarbonyl (C=S) groups is 1. The Morgan fingerprint density at radius 2 is 1.31 bits per heavy atom. The van der Waals surface area contributed by atoms with E-state index in [1.54, 1.807) is 0 Å². The van der Waals surface area contributed by atoms with Gasteiger partial charge in [0.05, 0.1) is 0 Å². The standard InChI is InChI=1S/C33H44N8S/c1-25-20-26(2)24-41(23-25)31-21-30(40-18-16-39(17-19-40)28-8-4-3-5-9-28)35-32(36-31)37-33(42)34-22-27-10-12-29(13-11-27)38-14-6-7-15-38/h3-5,8-13,21,25-26H,6-7,14-20,22-24H2,1-2H3,(H2,34,35,36,37,42)/t25-,26-/m0/s1. The summed E-state index contributed by atoms with van der Waals surface area (Å²) < 4.78 is 0. The molecule has 2 aromatic carbocycles. The van der Waals surface area contributed by atoms with Crippen LogP contribution >= 0.6 is 12.2 Å². The first-order valence-electron chi connectivity index (χ1n) is 15.6. The summed E-state index contributed by atoms with van der Waals surface area (Å²) in [5, 5.41) is 7.21. The molecule has 42 heavy (non-hydrogen) atoms. The van der Waals surface area contributed by atoms with Crippen LogP contribution < -0.4 is 30.2 Å². The van der Waals surface area contributed by atoms with Gasteiger partial charge in [-0.2, -0.15) is 9.97 Å². The van der Waals surface area contributed by atoms with Crippen LogP contribution in [0.3, 0.4) is 0 Å². The van der Waals surface area contributed by atoms with E-state index in [9.17, 15) is 0 Å². The Kier molecular flexibility index (Phi) is 8.93. The minimum atomic E-state index is 0.538. The van der Waals surface area contributed by atoms with E-state index in [1.165, 1.54) is 36.2 Å². The largest absolute Gasteiger partial charge is 0.372 e. The molecule has 0 bridgehead atoms. The van der Waals surface area contributed by atoms with Crippen molar-refractivity contribution >= 4 is 46.3 Å². The SMILES string of the molecule is C[C@H]1C[C@H](C)CN(c2cc(N3CCN(c4ccccc4)CC3)nc(NC(=S)NCc3ccc(N4CCCC4)cc3)n2)C1.